The molecule has 1 saturated heterocycles. The molecule has 6 nitrogen and oxygen atoms in total. The van der Waals surface area contributed by atoms with Gasteiger partial charge in [0.15, 0.2) is 0 Å². The highest BCUT2D eigenvalue weighted by atomic mass is 32.2. The van der Waals surface area contributed by atoms with Gasteiger partial charge in [-0.05, 0) is 50.9 Å². The number of alkyl halides is 2. The van der Waals surface area contributed by atoms with Crippen molar-refractivity contribution in [2.45, 2.75) is 25.3 Å². The minimum Gasteiger partial charge on any atom is -0.493 e. The maximum atomic E-state index is 13.3. The largest absolute Gasteiger partial charge is 0.493 e. The van der Waals surface area contributed by atoms with Crippen LogP contribution in [-0.4, -0.2) is 61.6 Å². The summed E-state index contributed by atoms with van der Waals surface area (Å²) in [5.74, 6) is 0.974. The number of nitrogens with zero attached hydrogens (tertiary/aromatic N) is 4. The maximum Gasteiger partial charge on any atom is 0.281 e. The number of likely N-dealkylation sites (tertiary alicyclic amines) is 1. The van der Waals surface area contributed by atoms with E-state index >= 15 is 0 Å². The van der Waals surface area contributed by atoms with Crippen LogP contribution in [0.25, 0.3) is 0 Å². The van der Waals surface area contributed by atoms with Crippen LogP contribution in [0, 0.1) is 17.2 Å². The predicted octanol–water partition coefficient (Wildman–Crippen LogP) is 2.91. The molecule has 0 bridgehead atoms. The van der Waals surface area contributed by atoms with E-state index in [0.29, 0.717) is 28.9 Å². The van der Waals surface area contributed by atoms with Gasteiger partial charge >= 0.3 is 0 Å². The molecule has 1 aromatic heterocycles. The van der Waals surface area contributed by atoms with Crippen LogP contribution < -0.4 is 10.5 Å². The molecule has 1 aliphatic heterocycles. The number of hydrogen-bond donors (Lipinski definition) is 1. The fraction of sp³-hybridized carbons (Fsp3) is 0.526. The van der Waals surface area contributed by atoms with Crippen molar-refractivity contribution >= 4 is 18.5 Å². The lowest BCUT2D eigenvalue weighted by molar-refractivity contribution is 0.121. The van der Waals surface area contributed by atoms with Gasteiger partial charge in [-0.25, -0.2) is 13.8 Å². The SMILES string of the molecule is C=N/C(=C(\SC)C(CN)N1CCC(COc2ccnc(C#N)c2)CC1)C(F)F. The Kier molecular flexibility index (Phi) is 8.83. The van der Waals surface area contributed by atoms with E-state index in [2.05, 4.69) is 21.6 Å². The van der Waals surface area contributed by atoms with Gasteiger partial charge in [-0.3, -0.25) is 9.89 Å². The summed E-state index contributed by atoms with van der Waals surface area (Å²) in [6.45, 7) is 5.56. The Morgan fingerprint density at radius 2 is 2.25 bits per heavy atom. The minimum absolute atomic E-state index is 0.247. The molecule has 0 radical (unpaired) electrons. The van der Waals surface area contributed by atoms with Crippen molar-refractivity contribution in [1.29, 1.82) is 5.26 Å². The Morgan fingerprint density at radius 1 is 1.54 bits per heavy atom. The number of thioether (sulfide) groups is 1. The van der Waals surface area contributed by atoms with Crippen LogP contribution in [-0.2, 0) is 0 Å². The number of allylic oxidation sites excluding steroid dienone is 1. The molecule has 1 aromatic rings. The maximum absolute atomic E-state index is 13.3. The molecular weight excluding hydrogens is 384 g/mol. The van der Waals surface area contributed by atoms with Gasteiger partial charge in [0.05, 0.1) is 12.6 Å². The topological polar surface area (TPSA) is 87.5 Å². The van der Waals surface area contributed by atoms with Gasteiger partial charge in [0.1, 0.15) is 23.2 Å². The summed E-state index contributed by atoms with van der Waals surface area (Å²) in [4.78, 5) is 10.1. The van der Waals surface area contributed by atoms with Crippen LogP contribution in [0.5, 0.6) is 5.75 Å². The van der Waals surface area contributed by atoms with E-state index < -0.39 is 6.43 Å². The number of piperidine rings is 1. The van der Waals surface area contributed by atoms with E-state index in [9.17, 15) is 8.78 Å². The molecule has 1 atom stereocenters. The van der Waals surface area contributed by atoms with Gasteiger partial charge in [0.2, 0.25) is 0 Å². The molecule has 0 spiro atoms. The Morgan fingerprint density at radius 3 is 2.79 bits per heavy atom. The van der Waals surface area contributed by atoms with Crippen LogP contribution in [0.4, 0.5) is 8.78 Å². The lowest BCUT2D eigenvalue weighted by Crippen LogP contribution is -2.46. The standard InChI is InChI=1S/C19H25F2N5OS/c1-24-17(19(20)21)18(28-2)16(11-23)26-7-4-13(5-8-26)12-27-15-3-6-25-14(9-15)10-22/h3,6,9,13,16,19H,1,4-5,7-8,11-12,23H2,2H3/b18-17-. The lowest BCUT2D eigenvalue weighted by Gasteiger charge is -2.38. The smallest absolute Gasteiger partial charge is 0.281 e. The summed E-state index contributed by atoms with van der Waals surface area (Å²) in [6, 6.07) is 5.04. The van der Waals surface area contributed by atoms with Crippen LogP contribution >= 0.6 is 11.8 Å². The Labute approximate surface area is 168 Å². The second-order valence-corrected chi connectivity index (χ2v) is 7.29. The number of ether oxygens (including phenoxy) is 1. The third-order valence-electron chi connectivity index (χ3n) is 4.80. The van der Waals surface area contributed by atoms with Crippen molar-refractivity contribution < 1.29 is 13.5 Å². The minimum atomic E-state index is -2.67. The monoisotopic (exact) mass is 409 g/mol. The zero-order valence-corrected chi connectivity index (χ0v) is 16.7. The van der Waals surface area contributed by atoms with E-state index in [1.807, 2.05) is 6.07 Å². The third kappa shape index (κ3) is 5.74. The summed E-state index contributed by atoms with van der Waals surface area (Å²) in [5.41, 5.74) is 5.96. The first-order valence-electron chi connectivity index (χ1n) is 9.00. The van der Waals surface area contributed by atoms with Gasteiger partial charge in [0, 0.05) is 23.7 Å². The number of nitrogens with two attached hydrogens (primary N) is 1. The number of aromatic nitrogens is 1. The van der Waals surface area contributed by atoms with E-state index in [4.69, 9.17) is 15.7 Å². The molecule has 0 aliphatic carbocycles. The molecule has 0 aromatic carbocycles. The molecule has 2 N–H and O–H groups in total. The highest BCUT2D eigenvalue weighted by Gasteiger charge is 2.30. The average molecular weight is 410 g/mol. The average Bonchev–Trinajstić information content (AvgIpc) is 2.72. The van der Waals surface area contributed by atoms with Crippen LogP contribution in [0.2, 0.25) is 0 Å². The van der Waals surface area contributed by atoms with Gasteiger partial charge in [-0.1, -0.05) is 0 Å². The molecule has 28 heavy (non-hydrogen) atoms. The van der Waals surface area contributed by atoms with Gasteiger partial charge in [-0.15, -0.1) is 11.8 Å². The summed E-state index contributed by atoms with van der Waals surface area (Å²) >= 11 is 1.26. The van der Waals surface area contributed by atoms with Crippen molar-refractivity contribution in [3.05, 3.63) is 34.6 Å². The Hall–Kier alpha value is -2.02. The van der Waals surface area contributed by atoms with Gasteiger partial charge < -0.3 is 10.5 Å². The lowest BCUT2D eigenvalue weighted by atomic mass is 9.96. The van der Waals surface area contributed by atoms with E-state index in [-0.39, 0.29) is 18.3 Å². The van der Waals surface area contributed by atoms with Crippen LogP contribution in [0.1, 0.15) is 18.5 Å². The van der Waals surface area contributed by atoms with Gasteiger partial charge in [-0.2, -0.15) is 5.26 Å². The molecule has 0 amide bonds. The number of pyridine rings is 1. The second kappa shape index (κ2) is 11.1. The highest BCUT2D eigenvalue weighted by Crippen LogP contribution is 2.31. The van der Waals surface area contributed by atoms with E-state index in [1.54, 1.807) is 24.6 Å². The number of nitriles is 1. The van der Waals surface area contributed by atoms with Crippen molar-refractivity contribution in [2.75, 3.05) is 32.5 Å². The van der Waals surface area contributed by atoms with E-state index in [1.165, 1.54) is 11.8 Å². The number of rotatable bonds is 9. The number of aliphatic imine (C=N–C) groups is 1. The summed E-state index contributed by atoms with van der Waals surface area (Å²) in [5, 5.41) is 8.89. The third-order valence-corrected chi connectivity index (χ3v) is 5.72. The van der Waals surface area contributed by atoms with E-state index in [0.717, 1.165) is 25.9 Å². The normalized spacial score (nSPS) is 17.7. The summed E-state index contributed by atoms with van der Waals surface area (Å²) < 4.78 is 32.3. The molecule has 0 saturated carbocycles. The molecule has 1 fully saturated rings. The van der Waals surface area contributed by atoms with Crippen molar-refractivity contribution in [2.24, 2.45) is 16.6 Å². The fourth-order valence-corrected chi connectivity index (χ4v) is 4.18. The first-order chi connectivity index (χ1) is 13.5. The fourth-order valence-electron chi connectivity index (χ4n) is 3.30. The molecule has 2 heterocycles. The summed E-state index contributed by atoms with van der Waals surface area (Å²) in [7, 11) is 0. The molecule has 9 heteroatoms. The zero-order valence-electron chi connectivity index (χ0n) is 15.9. The Bertz CT molecular complexity index is 729. The number of halogens is 2. The van der Waals surface area contributed by atoms with Crippen molar-refractivity contribution in [3.8, 4) is 11.8 Å². The molecular formula is C19H25F2N5OS. The Balaban J connectivity index is 1.95. The molecule has 1 unspecified atom stereocenters. The first-order valence-corrected chi connectivity index (χ1v) is 10.2. The quantitative estimate of drug-likeness (QED) is 0.631. The molecule has 152 valence electrons. The molecule has 2 rings (SSSR count). The predicted molar refractivity (Wildman–Crippen MR) is 108 cm³/mol. The summed E-state index contributed by atoms with van der Waals surface area (Å²) in [6.07, 6.45) is 2.39. The van der Waals surface area contributed by atoms with Crippen molar-refractivity contribution in [1.82, 2.24) is 9.88 Å². The number of hydrogen-bond acceptors (Lipinski definition) is 7. The first kappa shape index (κ1) is 22.3. The van der Waals surface area contributed by atoms with Crippen LogP contribution in [0.3, 0.4) is 0 Å². The highest BCUT2D eigenvalue weighted by molar-refractivity contribution is 8.02. The van der Waals surface area contributed by atoms with Crippen molar-refractivity contribution in [3.63, 3.8) is 0 Å². The van der Waals surface area contributed by atoms with Crippen LogP contribution in [0.15, 0.2) is 33.9 Å². The second-order valence-electron chi connectivity index (χ2n) is 6.44. The van der Waals surface area contributed by atoms with Gasteiger partial charge in [0.25, 0.3) is 6.43 Å². The molecule has 1 aliphatic rings. The zero-order chi connectivity index (χ0) is 20.5.